The normalized spacial score (nSPS) is 18.0. The van der Waals surface area contributed by atoms with Gasteiger partial charge in [-0.25, -0.2) is 13.9 Å². The van der Waals surface area contributed by atoms with Gasteiger partial charge in [-0.3, -0.25) is 18.7 Å². The van der Waals surface area contributed by atoms with Crippen LogP contribution in [0, 0.1) is 5.92 Å². The maximum absolute atomic E-state index is 13.1. The number of hydrogen-bond acceptors (Lipinski definition) is 9. The first kappa shape index (κ1) is 29.8. The number of carbonyl (C=O) groups is 2. The Morgan fingerprint density at radius 1 is 0.970 bits per heavy atom. The largest absolute Gasteiger partial charge is 0.478 e. The lowest BCUT2D eigenvalue weighted by molar-refractivity contribution is -0.156. The summed E-state index contributed by atoms with van der Waals surface area (Å²) < 4.78 is 45.4. The fourth-order valence-corrected chi connectivity index (χ4v) is 4.64. The van der Waals surface area contributed by atoms with Crippen LogP contribution in [-0.2, 0) is 37.1 Å². The molecule has 0 N–H and O–H groups in total. The topological polar surface area (TPSA) is 110 Å². The number of carbonyl (C=O) groups excluding carboxylic acids is 2. The third-order valence-corrected chi connectivity index (χ3v) is 5.86. The monoisotopic (exact) mass is 495 g/mol. The Bertz CT molecular complexity index is 665. The number of rotatable bonds is 9. The van der Waals surface area contributed by atoms with Crippen LogP contribution < -0.4 is 0 Å². The molecule has 0 bridgehead atoms. The average molecular weight is 496 g/mol. The first-order chi connectivity index (χ1) is 14.9. The minimum atomic E-state index is -4.05. The fraction of sp³-hybridized carbons (Fsp3) is 0.909. The van der Waals surface area contributed by atoms with E-state index in [1.54, 1.807) is 62.3 Å². The highest BCUT2D eigenvalue weighted by molar-refractivity contribution is 7.48. The van der Waals surface area contributed by atoms with Crippen molar-refractivity contribution in [2.75, 3.05) is 33.1 Å². The van der Waals surface area contributed by atoms with E-state index >= 15 is 0 Å². The van der Waals surface area contributed by atoms with Gasteiger partial charge in [0.1, 0.15) is 12.1 Å². The maximum atomic E-state index is 13.1. The van der Waals surface area contributed by atoms with Crippen molar-refractivity contribution in [3.8, 4) is 0 Å². The number of nitrogens with zero attached hydrogens (tertiary/aromatic N) is 1. The van der Waals surface area contributed by atoms with Crippen LogP contribution in [0.3, 0.4) is 0 Å². The molecule has 1 rings (SSSR count). The summed E-state index contributed by atoms with van der Waals surface area (Å²) in [5.74, 6) is -0.496. The molecular weight excluding hydrogens is 453 g/mol. The second-order valence-electron chi connectivity index (χ2n) is 11.1. The lowest BCUT2D eigenvalue weighted by atomic mass is 10.0. The molecule has 194 valence electrons. The molecule has 1 aliphatic heterocycles. The summed E-state index contributed by atoms with van der Waals surface area (Å²) in [5.41, 5.74) is -2.34. The molecule has 0 aromatic heterocycles. The summed E-state index contributed by atoms with van der Waals surface area (Å²) in [4.78, 5) is 26.4. The predicted molar refractivity (Wildman–Crippen MR) is 123 cm³/mol. The van der Waals surface area contributed by atoms with Gasteiger partial charge in [0, 0.05) is 19.1 Å². The Hall–Kier alpha value is -1.19. The van der Waals surface area contributed by atoms with E-state index in [0.717, 1.165) is 12.8 Å². The smallest absolute Gasteiger partial charge is 0.459 e. The molecular formula is C22H42NO9P. The SMILES string of the molecule is CC(C)(C)OC(=O)CN(C[C@@H]1CCCOC1)C(=O)OCOP(=O)(OC(C)(C)C)OC(C)(C)C. The number of phosphoric acid groups is 1. The van der Waals surface area contributed by atoms with E-state index in [0.29, 0.717) is 13.2 Å². The number of phosphoric ester groups is 1. The molecule has 1 saturated heterocycles. The maximum Gasteiger partial charge on any atom is 0.478 e. The van der Waals surface area contributed by atoms with Crippen molar-refractivity contribution in [1.82, 2.24) is 4.90 Å². The summed E-state index contributed by atoms with van der Waals surface area (Å²) in [5, 5.41) is 0. The summed E-state index contributed by atoms with van der Waals surface area (Å²) >= 11 is 0. The van der Waals surface area contributed by atoms with Crippen LogP contribution in [0.25, 0.3) is 0 Å². The molecule has 0 aromatic carbocycles. The van der Waals surface area contributed by atoms with Crippen molar-refractivity contribution >= 4 is 19.9 Å². The number of ether oxygens (including phenoxy) is 3. The third-order valence-electron chi connectivity index (χ3n) is 3.90. The van der Waals surface area contributed by atoms with Crippen LogP contribution in [-0.4, -0.2) is 66.9 Å². The number of amides is 1. The Morgan fingerprint density at radius 3 is 2.00 bits per heavy atom. The van der Waals surface area contributed by atoms with Gasteiger partial charge >= 0.3 is 19.9 Å². The van der Waals surface area contributed by atoms with Crippen LogP contribution in [0.2, 0.25) is 0 Å². The van der Waals surface area contributed by atoms with E-state index in [9.17, 15) is 14.2 Å². The molecule has 1 aliphatic rings. The van der Waals surface area contributed by atoms with Crippen molar-refractivity contribution < 1.29 is 41.9 Å². The van der Waals surface area contributed by atoms with Crippen LogP contribution in [0.15, 0.2) is 0 Å². The van der Waals surface area contributed by atoms with Gasteiger partial charge in [0.05, 0.1) is 17.8 Å². The van der Waals surface area contributed by atoms with Crippen LogP contribution in [0.4, 0.5) is 4.79 Å². The third kappa shape index (κ3) is 14.0. The van der Waals surface area contributed by atoms with Gasteiger partial charge in [-0.05, 0) is 75.2 Å². The summed E-state index contributed by atoms with van der Waals surface area (Å²) in [6, 6.07) is 0. The predicted octanol–water partition coefficient (Wildman–Crippen LogP) is 4.91. The van der Waals surface area contributed by atoms with Crippen molar-refractivity contribution in [1.29, 1.82) is 0 Å². The van der Waals surface area contributed by atoms with E-state index < -0.39 is 43.5 Å². The van der Waals surface area contributed by atoms with Crippen molar-refractivity contribution in [2.45, 2.75) is 92.0 Å². The minimum absolute atomic E-state index is 0.0641. The molecule has 33 heavy (non-hydrogen) atoms. The second kappa shape index (κ2) is 12.0. The van der Waals surface area contributed by atoms with Crippen molar-refractivity contribution in [2.24, 2.45) is 5.92 Å². The molecule has 0 radical (unpaired) electrons. The molecule has 0 aliphatic carbocycles. The molecule has 0 saturated carbocycles. The quantitative estimate of drug-likeness (QED) is 0.250. The Morgan fingerprint density at radius 2 is 1.55 bits per heavy atom. The van der Waals surface area contributed by atoms with Gasteiger partial charge < -0.3 is 14.2 Å². The molecule has 1 amide bonds. The molecule has 0 unspecified atom stereocenters. The van der Waals surface area contributed by atoms with Gasteiger partial charge in [-0.2, -0.15) is 0 Å². The zero-order chi connectivity index (χ0) is 25.5. The fourth-order valence-electron chi connectivity index (χ4n) is 2.97. The van der Waals surface area contributed by atoms with Crippen LogP contribution in [0.1, 0.15) is 75.2 Å². The van der Waals surface area contributed by atoms with Crippen molar-refractivity contribution in [3.05, 3.63) is 0 Å². The van der Waals surface area contributed by atoms with Gasteiger partial charge in [0.15, 0.2) is 0 Å². The standard InChI is InChI=1S/C22H42NO9P/c1-20(2,3)30-18(24)14-23(13-17-11-10-12-27-15-17)19(25)28-16-29-33(26,31-21(4,5)6)32-22(7,8)9/h17H,10-16H2,1-9H3/t17-/m0/s1. The summed E-state index contributed by atoms with van der Waals surface area (Å²) in [6.07, 6.45) is 0.938. The van der Waals surface area contributed by atoms with E-state index in [-0.39, 0.29) is 19.0 Å². The van der Waals surface area contributed by atoms with E-state index in [4.69, 9.17) is 27.8 Å². The van der Waals surface area contributed by atoms with Crippen LogP contribution in [0.5, 0.6) is 0 Å². The summed E-state index contributed by atoms with van der Waals surface area (Å²) in [6.45, 7) is 15.9. The number of hydrogen-bond donors (Lipinski definition) is 0. The van der Waals surface area contributed by atoms with E-state index in [2.05, 4.69) is 0 Å². The molecule has 0 spiro atoms. The molecule has 1 fully saturated rings. The van der Waals surface area contributed by atoms with Gasteiger partial charge in [0.25, 0.3) is 0 Å². The van der Waals surface area contributed by atoms with Crippen LogP contribution >= 0.6 is 7.82 Å². The zero-order valence-electron chi connectivity index (χ0n) is 21.6. The van der Waals surface area contributed by atoms with Crippen molar-refractivity contribution in [3.63, 3.8) is 0 Å². The highest BCUT2D eigenvalue weighted by Crippen LogP contribution is 2.55. The molecule has 11 heteroatoms. The van der Waals surface area contributed by atoms with E-state index in [1.165, 1.54) is 4.90 Å². The van der Waals surface area contributed by atoms with Gasteiger partial charge in [-0.15, -0.1) is 0 Å². The minimum Gasteiger partial charge on any atom is -0.459 e. The highest BCUT2D eigenvalue weighted by Gasteiger charge is 2.38. The van der Waals surface area contributed by atoms with Gasteiger partial charge in [-0.1, -0.05) is 0 Å². The summed E-state index contributed by atoms with van der Waals surface area (Å²) in [7, 11) is -4.05. The van der Waals surface area contributed by atoms with E-state index in [1.807, 2.05) is 0 Å². The Labute approximate surface area is 198 Å². The number of esters is 1. The molecule has 1 atom stereocenters. The first-order valence-corrected chi connectivity index (χ1v) is 12.7. The second-order valence-corrected chi connectivity index (χ2v) is 12.6. The zero-order valence-corrected chi connectivity index (χ0v) is 22.5. The molecule has 1 heterocycles. The Kier molecular flexibility index (Phi) is 10.8. The first-order valence-electron chi connectivity index (χ1n) is 11.2. The molecule has 0 aromatic rings. The van der Waals surface area contributed by atoms with Gasteiger partial charge in [0.2, 0.25) is 6.79 Å². The molecule has 10 nitrogen and oxygen atoms in total. The average Bonchev–Trinajstić information content (AvgIpc) is 2.56. The lowest BCUT2D eigenvalue weighted by Crippen LogP contribution is -2.43. The highest BCUT2D eigenvalue weighted by atomic mass is 31.2. The Balaban J connectivity index is 2.82. The lowest BCUT2D eigenvalue weighted by Gasteiger charge is -2.31.